The molecule has 2 N–H and O–H groups in total. The van der Waals surface area contributed by atoms with Crippen molar-refractivity contribution in [2.45, 2.75) is 13.0 Å². The second kappa shape index (κ2) is 8.92. The third-order valence-electron chi connectivity index (χ3n) is 2.12. The average molecular weight is 240 g/mol. The minimum absolute atomic E-state index is 0.522. The van der Waals surface area contributed by atoms with Gasteiger partial charge in [0.25, 0.3) is 0 Å². The molecule has 0 bridgehead atoms. The van der Waals surface area contributed by atoms with Crippen LogP contribution in [0.15, 0.2) is 18.3 Å². The summed E-state index contributed by atoms with van der Waals surface area (Å²) in [5, 5.41) is 0. The molecule has 0 spiro atoms. The van der Waals surface area contributed by atoms with E-state index in [1.54, 1.807) is 13.3 Å². The highest BCUT2D eigenvalue weighted by Crippen LogP contribution is 2.04. The molecule has 1 aromatic heterocycles. The molecule has 0 saturated heterocycles. The smallest absolute Gasteiger partial charge is 0.123 e. The minimum atomic E-state index is 0.522. The highest BCUT2D eigenvalue weighted by atomic mass is 16.5. The molecule has 0 aliphatic carbocycles. The first kappa shape index (κ1) is 13.9. The number of hydrogen-bond donors (Lipinski definition) is 1. The van der Waals surface area contributed by atoms with E-state index in [1.807, 2.05) is 12.1 Å². The van der Waals surface area contributed by atoms with Gasteiger partial charge < -0.3 is 19.9 Å². The zero-order valence-electron chi connectivity index (χ0n) is 10.2. The number of ether oxygens (including phenoxy) is 3. The summed E-state index contributed by atoms with van der Waals surface area (Å²) >= 11 is 0. The number of nitrogens with two attached hydrogens (primary N) is 1. The third kappa shape index (κ3) is 6.88. The molecule has 0 saturated carbocycles. The van der Waals surface area contributed by atoms with Gasteiger partial charge in [-0.15, -0.1) is 0 Å². The fourth-order valence-electron chi connectivity index (χ4n) is 1.28. The SMILES string of the molecule is COCCOCCCOCc1ccnc(N)c1. The summed E-state index contributed by atoms with van der Waals surface area (Å²) in [4.78, 5) is 3.92. The van der Waals surface area contributed by atoms with Crippen LogP contribution < -0.4 is 5.73 Å². The Labute approximate surface area is 102 Å². The lowest BCUT2D eigenvalue weighted by atomic mass is 10.3. The summed E-state index contributed by atoms with van der Waals surface area (Å²) in [6.45, 7) is 3.20. The van der Waals surface area contributed by atoms with Gasteiger partial charge in [0.1, 0.15) is 5.82 Å². The molecule has 0 aliphatic rings. The summed E-state index contributed by atoms with van der Waals surface area (Å²) in [6.07, 6.45) is 2.56. The quantitative estimate of drug-likeness (QED) is 0.658. The Balaban J connectivity index is 1.97. The van der Waals surface area contributed by atoms with Crippen molar-refractivity contribution in [2.24, 2.45) is 0 Å². The summed E-state index contributed by atoms with van der Waals surface area (Å²) in [5.74, 6) is 0.522. The molecule has 0 aliphatic heterocycles. The number of methoxy groups -OCH3 is 1. The lowest BCUT2D eigenvalue weighted by Crippen LogP contribution is -2.05. The molecule has 0 aromatic carbocycles. The van der Waals surface area contributed by atoms with Crippen LogP contribution in [0.1, 0.15) is 12.0 Å². The van der Waals surface area contributed by atoms with Crippen molar-refractivity contribution in [3.63, 3.8) is 0 Å². The molecule has 0 amide bonds. The molecule has 1 heterocycles. The summed E-state index contributed by atoms with van der Waals surface area (Å²) in [7, 11) is 1.66. The average Bonchev–Trinajstić information content (AvgIpc) is 2.33. The van der Waals surface area contributed by atoms with E-state index in [0.717, 1.165) is 12.0 Å². The van der Waals surface area contributed by atoms with Crippen LogP contribution in [-0.2, 0) is 20.8 Å². The number of anilines is 1. The lowest BCUT2D eigenvalue weighted by Gasteiger charge is -2.05. The molecule has 5 heteroatoms. The number of aromatic nitrogens is 1. The van der Waals surface area contributed by atoms with Gasteiger partial charge in [-0.1, -0.05) is 0 Å². The molecule has 5 nitrogen and oxygen atoms in total. The van der Waals surface area contributed by atoms with Crippen molar-refractivity contribution in [1.82, 2.24) is 4.98 Å². The van der Waals surface area contributed by atoms with Crippen molar-refractivity contribution >= 4 is 5.82 Å². The van der Waals surface area contributed by atoms with Crippen LogP contribution in [0, 0.1) is 0 Å². The van der Waals surface area contributed by atoms with Gasteiger partial charge in [-0.2, -0.15) is 0 Å². The first-order chi connectivity index (χ1) is 8.33. The summed E-state index contributed by atoms with van der Waals surface area (Å²) < 4.78 is 15.7. The molecule has 17 heavy (non-hydrogen) atoms. The standard InChI is InChI=1S/C12H20N2O3/c1-15-7-8-16-5-2-6-17-10-11-3-4-14-12(13)9-11/h3-4,9H,2,5-8,10H2,1H3,(H2,13,14). The van der Waals surface area contributed by atoms with Crippen molar-refractivity contribution in [1.29, 1.82) is 0 Å². The van der Waals surface area contributed by atoms with E-state index in [2.05, 4.69) is 4.98 Å². The third-order valence-corrected chi connectivity index (χ3v) is 2.12. The van der Waals surface area contributed by atoms with Gasteiger partial charge in [0.15, 0.2) is 0 Å². The summed E-state index contributed by atoms with van der Waals surface area (Å²) in [5.41, 5.74) is 6.60. The van der Waals surface area contributed by atoms with E-state index in [4.69, 9.17) is 19.9 Å². The van der Waals surface area contributed by atoms with E-state index in [9.17, 15) is 0 Å². The molecular formula is C12H20N2O3. The predicted molar refractivity (Wildman–Crippen MR) is 65.6 cm³/mol. The van der Waals surface area contributed by atoms with Crippen LogP contribution in [0.2, 0.25) is 0 Å². The van der Waals surface area contributed by atoms with Gasteiger partial charge in [0.05, 0.1) is 19.8 Å². The van der Waals surface area contributed by atoms with E-state index in [-0.39, 0.29) is 0 Å². The number of nitrogens with zero attached hydrogens (tertiary/aromatic N) is 1. The topological polar surface area (TPSA) is 66.6 Å². The van der Waals surface area contributed by atoms with E-state index in [1.165, 1.54) is 0 Å². The molecule has 0 radical (unpaired) electrons. The normalized spacial score (nSPS) is 10.6. The predicted octanol–water partition coefficient (Wildman–Crippen LogP) is 1.23. The first-order valence-electron chi connectivity index (χ1n) is 5.68. The molecule has 0 unspecified atom stereocenters. The molecule has 96 valence electrons. The Morgan fingerprint density at radius 3 is 2.76 bits per heavy atom. The number of nitrogen functional groups attached to an aromatic ring is 1. The zero-order chi connectivity index (χ0) is 12.3. The Kier molecular flexibility index (Phi) is 7.29. The van der Waals surface area contributed by atoms with Crippen LogP contribution in [0.3, 0.4) is 0 Å². The number of rotatable bonds is 9. The minimum Gasteiger partial charge on any atom is -0.384 e. The van der Waals surface area contributed by atoms with Crippen molar-refractivity contribution in [2.75, 3.05) is 39.3 Å². The second-order valence-electron chi connectivity index (χ2n) is 3.60. The van der Waals surface area contributed by atoms with Crippen LogP contribution in [-0.4, -0.2) is 38.5 Å². The van der Waals surface area contributed by atoms with Gasteiger partial charge in [0, 0.05) is 26.5 Å². The van der Waals surface area contributed by atoms with Crippen LogP contribution in [0.25, 0.3) is 0 Å². The van der Waals surface area contributed by atoms with Crippen LogP contribution >= 0.6 is 0 Å². The second-order valence-corrected chi connectivity index (χ2v) is 3.60. The molecule has 1 rings (SSSR count). The van der Waals surface area contributed by atoms with Gasteiger partial charge in [0.2, 0.25) is 0 Å². The highest BCUT2D eigenvalue weighted by Gasteiger charge is 1.95. The maximum absolute atomic E-state index is 5.56. The fourth-order valence-corrected chi connectivity index (χ4v) is 1.28. The number of hydrogen-bond acceptors (Lipinski definition) is 5. The lowest BCUT2D eigenvalue weighted by molar-refractivity contribution is 0.0483. The van der Waals surface area contributed by atoms with Gasteiger partial charge in [-0.3, -0.25) is 0 Å². The van der Waals surface area contributed by atoms with E-state index in [0.29, 0.717) is 38.9 Å². The largest absolute Gasteiger partial charge is 0.384 e. The summed E-state index contributed by atoms with van der Waals surface area (Å²) in [6, 6.07) is 3.71. The van der Waals surface area contributed by atoms with Crippen molar-refractivity contribution in [3.05, 3.63) is 23.9 Å². The Hall–Kier alpha value is -1.17. The Bertz CT molecular complexity index is 308. The van der Waals surface area contributed by atoms with Gasteiger partial charge in [-0.05, 0) is 24.1 Å². The molecular weight excluding hydrogens is 220 g/mol. The molecule has 0 fully saturated rings. The van der Waals surface area contributed by atoms with Gasteiger partial charge in [-0.25, -0.2) is 4.98 Å². The Morgan fingerprint density at radius 2 is 2.00 bits per heavy atom. The zero-order valence-corrected chi connectivity index (χ0v) is 10.2. The first-order valence-corrected chi connectivity index (χ1v) is 5.68. The van der Waals surface area contributed by atoms with Crippen LogP contribution in [0.5, 0.6) is 0 Å². The Morgan fingerprint density at radius 1 is 1.18 bits per heavy atom. The van der Waals surface area contributed by atoms with E-state index >= 15 is 0 Å². The van der Waals surface area contributed by atoms with Crippen molar-refractivity contribution < 1.29 is 14.2 Å². The van der Waals surface area contributed by atoms with Crippen molar-refractivity contribution in [3.8, 4) is 0 Å². The molecule has 1 aromatic rings. The van der Waals surface area contributed by atoms with Crippen LogP contribution in [0.4, 0.5) is 5.82 Å². The molecule has 0 atom stereocenters. The number of pyridine rings is 1. The maximum atomic E-state index is 5.56. The van der Waals surface area contributed by atoms with E-state index < -0.39 is 0 Å². The highest BCUT2D eigenvalue weighted by molar-refractivity contribution is 5.31. The monoisotopic (exact) mass is 240 g/mol. The van der Waals surface area contributed by atoms with Gasteiger partial charge >= 0.3 is 0 Å². The fraction of sp³-hybridized carbons (Fsp3) is 0.583. The maximum Gasteiger partial charge on any atom is 0.123 e.